The van der Waals surface area contributed by atoms with Crippen LogP contribution in [-0.4, -0.2) is 0 Å². The highest BCUT2D eigenvalue weighted by Gasteiger charge is 2.48. The number of hydrogen-bond donors (Lipinski definition) is 0. The van der Waals surface area contributed by atoms with E-state index in [2.05, 4.69) is 52.5 Å². The molecule has 88 valence electrons. The van der Waals surface area contributed by atoms with Crippen molar-refractivity contribution < 1.29 is 0 Å². The Labute approximate surface area is 100 Å². The molecule has 0 saturated carbocycles. The molecule has 0 amide bonds. The monoisotopic (exact) mass is 216 g/mol. The maximum atomic E-state index is 4.35. The number of rotatable bonds is 1. The van der Waals surface area contributed by atoms with Gasteiger partial charge in [0, 0.05) is 0 Å². The van der Waals surface area contributed by atoms with Crippen LogP contribution in [0.1, 0.15) is 47.0 Å². The van der Waals surface area contributed by atoms with Crippen LogP contribution >= 0.6 is 0 Å². The third-order valence-corrected chi connectivity index (χ3v) is 5.19. The van der Waals surface area contributed by atoms with Gasteiger partial charge >= 0.3 is 0 Å². The first-order valence-electron chi connectivity index (χ1n) is 6.48. The van der Waals surface area contributed by atoms with Crippen molar-refractivity contribution in [2.24, 2.45) is 16.7 Å². The summed E-state index contributed by atoms with van der Waals surface area (Å²) in [7, 11) is 0. The Bertz CT molecular complexity index is 371. The molecule has 0 nitrogen and oxygen atoms in total. The minimum absolute atomic E-state index is 0.290. The summed E-state index contributed by atoms with van der Waals surface area (Å²) in [6.07, 6.45) is 10.8. The van der Waals surface area contributed by atoms with Crippen LogP contribution < -0.4 is 0 Å². The highest BCUT2D eigenvalue weighted by Crippen LogP contribution is 2.57. The fraction of sp³-hybridized carbons (Fsp3) is 0.625. The highest BCUT2D eigenvalue weighted by atomic mass is 14.5. The fourth-order valence-corrected chi connectivity index (χ4v) is 3.65. The van der Waals surface area contributed by atoms with Crippen LogP contribution in [0.2, 0.25) is 0 Å². The fourth-order valence-electron chi connectivity index (χ4n) is 3.65. The largest absolute Gasteiger partial charge is 0.0950 e. The molecule has 3 atom stereocenters. The van der Waals surface area contributed by atoms with E-state index in [0.717, 1.165) is 12.3 Å². The molecule has 0 heterocycles. The Hall–Kier alpha value is -0.780. The predicted octanol–water partition coefficient (Wildman–Crippen LogP) is 4.89. The van der Waals surface area contributed by atoms with Crippen LogP contribution in [-0.2, 0) is 0 Å². The average molecular weight is 216 g/mol. The van der Waals surface area contributed by atoms with Crippen molar-refractivity contribution in [2.75, 3.05) is 0 Å². The van der Waals surface area contributed by atoms with Gasteiger partial charge in [0.15, 0.2) is 0 Å². The summed E-state index contributed by atoms with van der Waals surface area (Å²) in [4.78, 5) is 0. The Kier molecular flexibility index (Phi) is 2.64. The van der Waals surface area contributed by atoms with Gasteiger partial charge in [0.05, 0.1) is 0 Å². The molecular weight excluding hydrogens is 192 g/mol. The molecule has 0 heteroatoms. The molecule has 0 radical (unpaired) electrons. The van der Waals surface area contributed by atoms with Crippen LogP contribution in [0.15, 0.2) is 36.0 Å². The minimum Gasteiger partial charge on any atom is -0.0950 e. The Morgan fingerprint density at radius 3 is 2.75 bits per heavy atom. The average Bonchev–Trinajstić information content (AvgIpc) is 2.25. The van der Waals surface area contributed by atoms with Gasteiger partial charge in [0.1, 0.15) is 0 Å². The Morgan fingerprint density at radius 2 is 2.12 bits per heavy atom. The lowest BCUT2D eigenvalue weighted by molar-refractivity contribution is 0.0930. The normalized spacial score (nSPS) is 42.9. The standard InChI is InChI=1S/C16H24/c1-6-15(4)10-7-11-16(5)13(3)12(2)8-9-14(15)16/h7-8,10,14H,3,6,9,11H2,1-2,4-5H3/t14?,15-,16?/m1/s1. The summed E-state index contributed by atoms with van der Waals surface area (Å²) >= 11 is 0. The molecule has 16 heavy (non-hydrogen) atoms. The van der Waals surface area contributed by atoms with Gasteiger partial charge in [-0.2, -0.15) is 0 Å². The molecule has 0 aliphatic heterocycles. The first-order chi connectivity index (χ1) is 7.44. The zero-order chi connectivity index (χ0) is 12.0. The van der Waals surface area contributed by atoms with E-state index >= 15 is 0 Å². The van der Waals surface area contributed by atoms with Crippen molar-refractivity contribution in [3.63, 3.8) is 0 Å². The summed E-state index contributed by atoms with van der Waals surface area (Å²) in [6.45, 7) is 13.7. The number of allylic oxidation sites excluding steroid dienone is 5. The van der Waals surface area contributed by atoms with Crippen LogP contribution in [0.5, 0.6) is 0 Å². The van der Waals surface area contributed by atoms with Crippen LogP contribution in [0.25, 0.3) is 0 Å². The molecule has 2 aliphatic carbocycles. The van der Waals surface area contributed by atoms with E-state index < -0.39 is 0 Å². The van der Waals surface area contributed by atoms with Gasteiger partial charge < -0.3 is 0 Å². The molecule has 0 bridgehead atoms. The predicted molar refractivity (Wildman–Crippen MR) is 71.3 cm³/mol. The van der Waals surface area contributed by atoms with E-state index in [1.54, 1.807) is 0 Å². The molecule has 0 aromatic heterocycles. The molecule has 2 rings (SSSR count). The molecular formula is C16H24. The smallest absolute Gasteiger partial charge is 0.000483 e. The van der Waals surface area contributed by atoms with Crippen molar-refractivity contribution in [3.05, 3.63) is 36.0 Å². The maximum absolute atomic E-state index is 4.35. The van der Waals surface area contributed by atoms with Crippen LogP contribution in [0, 0.1) is 16.7 Å². The first kappa shape index (κ1) is 11.7. The van der Waals surface area contributed by atoms with Gasteiger partial charge in [-0.15, -0.1) is 0 Å². The maximum Gasteiger partial charge on any atom is -0.000483 e. The topological polar surface area (TPSA) is 0 Å². The second-order valence-corrected chi connectivity index (χ2v) is 6.04. The Morgan fingerprint density at radius 1 is 1.44 bits per heavy atom. The summed E-state index contributed by atoms with van der Waals surface area (Å²) in [5, 5.41) is 0. The molecule has 0 saturated heterocycles. The van der Waals surface area contributed by atoms with Crippen LogP contribution in [0.4, 0.5) is 0 Å². The van der Waals surface area contributed by atoms with E-state index in [4.69, 9.17) is 0 Å². The van der Waals surface area contributed by atoms with Crippen molar-refractivity contribution in [2.45, 2.75) is 47.0 Å². The van der Waals surface area contributed by atoms with Gasteiger partial charge in [-0.25, -0.2) is 0 Å². The summed E-state index contributed by atoms with van der Waals surface area (Å²) in [6, 6.07) is 0. The zero-order valence-corrected chi connectivity index (χ0v) is 11.1. The highest BCUT2D eigenvalue weighted by molar-refractivity contribution is 5.39. The number of hydrogen-bond acceptors (Lipinski definition) is 0. The van der Waals surface area contributed by atoms with E-state index in [1.807, 2.05) is 0 Å². The van der Waals surface area contributed by atoms with Gasteiger partial charge in [0.2, 0.25) is 0 Å². The van der Waals surface area contributed by atoms with Gasteiger partial charge in [0.25, 0.3) is 0 Å². The lowest BCUT2D eigenvalue weighted by Crippen LogP contribution is -2.43. The molecule has 0 N–H and O–H groups in total. The van der Waals surface area contributed by atoms with Crippen LogP contribution in [0.3, 0.4) is 0 Å². The first-order valence-corrected chi connectivity index (χ1v) is 6.48. The van der Waals surface area contributed by atoms with E-state index in [0.29, 0.717) is 10.8 Å². The van der Waals surface area contributed by atoms with Crippen molar-refractivity contribution in [3.8, 4) is 0 Å². The molecule has 0 spiro atoms. The zero-order valence-electron chi connectivity index (χ0n) is 11.1. The molecule has 0 aromatic rings. The van der Waals surface area contributed by atoms with Crippen molar-refractivity contribution in [1.29, 1.82) is 0 Å². The van der Waals surface area contributed by atoms with Gasteiger partial charge in [-0.1, -0.05) is 51.2 Å². The Balaban J connectivity index is 2.48. The van der Waals surface area contributed by atoms with Gasteiger partial charge in [-0.3, -0.25) is 0 Å². The molecule has 2 aliphatic rings. The van der Waals surface area contributed by atoms with Gasteiger partial charge in [-0.05, 0) is 48.5 Å². The minimum atomic E-state index is 0.290. The van der Waals surface area contributed by atoms with Crippen molar-refractivity contribution >= 4 is 0 Å². The quantitative estimate of drug-likeness (QED) is 0.547. The summed E-state index contributed by atoms with van der Waals surface area (Å²) in [5.74, 6) is 0.728. The SMILES string of the molecule is C=C1C(C)=CCC2C1(C)CC=C[C@@]2(C)CC. The van der Waals surface area contributed by atoms with Crippen molar-refractivity contribution in [1.82, 2.24) is 0 Å². The third-order valence-electron chi connectivity index (χ3n) is 5.19. The second kappa shape index (κ2) is 3.61. The lowest BCUT2D eigenvalue weighted by atomic mass is 9.52. The molecule has 2 unspecified atom stereocenters. The molecule has 0 aromatic carbocycles. The third kappa shape index (κ3) is 1.43. The van der Waals surface area contributed by atoms with E-state index in [9.17, 15) is 0 Å². The molecule has 0 fully saturated rings. The summed E-state index contributed by atoms with van der Waals surface area (Å²) < 4.78 is 0. The number of fused-ring (bicyclic) bond motifs is 1. The summed E-state index contributed by atoms with van der Waals surface area (Å²) in [5.41, 5.74) is 3.42. The van der Waals surface area contributed by atoms with E-state index in [1.165, 1.54) is 24.0 Å². The second-order valence-electron chi connectivity index (χ2n) is 6.04. The van der Waals surface area contributed by atoms with E-state index in [-0.39, 0.29) is 0 Å². The lowest BCUT2D eigenvalue weighted by Gasteiger charge is -2.52.